The van der Waals surface area contributed by atoms with E-state index in [9.17, 15) is 13.2 Å². The van der Waals surface area contributed by atoms with E-state index in [1.54, 1.807) is 24.3 Å². The van der Waals surface area contributed by atoms with Crippen LogP contribution in [0.3, 0.4) is 0 Å². The average molecular weight is 481 g/mol. The zero-order valence-electron chi connectivity index (χ0n) is 20.4. The Morgan fingerprint density at radius 2 is 1.41 bits per heavy atom. The number of sulfonamides is 1. The molecule has 182 valence electrons. The summed E-state index contributed by atoms with van der Waals surface area (Å²) < 4.78 is 28.4. The van der Waals surface area contributed by atoms with Crippen LogP contribution in [-0.4, -0.2) is 20.4 Å². The first-order valence-electron chi connectivity index (χ1n) is 12.6. The molecule has 0 saturated heterocycles. The van der Waals surface area contributed by atoms with E-state index in [4.69, 9.17) is 0 Å². The lowest BCUT2D eigenvalue weighted by molar-refractivity contribution is -0.118. The number of aryl methyl sites for hydroxylation is 1. The van der Waals surface area contributed by atoms with Gasteiger partial charge in [-0.1, -0.05) is 43.7 Å². The zero-order chi connectivity index (χ0) is 24.1. The molecule has 6 rings (SSSR count). The van der Waals surface area contributed by atoms with Crippen LogP contribution >= 0.6 is 0 Å². The monoisotopic (exact) mass is 480 g/mol. The van der Waals surface area contributed by atoms with Crippen molar-refractivity contribution in [2.75, 3.05) is 5.32 Å². The molecule has 6 heteroatoms. The van der Waals surface area contributed by atoms with Gasteiger partial charge in [0, 0.05) is 5.69 Å². The number of anilines is 1. The number of nitrogens with one attached hydrogen (secondary N) is 2. The van der Waals surface area contributed by atoms with Crippen molar-refractivity contribution in [2.24, 2.45) is 23.7 Å². The van der Waals surface area contributed by atoms with Crippen LogP contribution < -0.4 is 10.0 Å². The third-order valence-electron chi connectivity index (χ3n) is 8.37. The Morgan fingerprint density at radius 3 is 1.91 bits per heavy atom. The Morgan fingerprint density at radius 1 is 0.882 bits per heavy atom. The van der Waals surface area contributed by atoms with E-state index in [-0.39, 0.29) is 16.7 Å². The highest BCUT2D eigenvalue weighted by Crippen LogP contribution is 2.60. The Labute approximate surface area is 203 Å². The molecule has 34 heavy (non-hydrogen) atoms. The largest absolute Gasteiger partial charge is 0.325 e. The van der Waals surface area contributed by atoms with Crippen LogP contribution in [0.15, 0.2) is 53.4 Å². The minimum atomic E-state index is -3.80. The molecule has 0 aromatic heterocycles. The molecule has 1 atom stereocenters. The molecule has 4 bridgehead atoms. The van der Waals surface area contributed by atoms with Crippen LogP contribution in [0.4, 0.5) is 5.69 Å². The van der Waals surface area contributed by atoms with Crippen LogP contribution in [-0.2, 0) is 20.2 Å². The van der Waals surface area contributed by atoms with Crippen molar-refractivity contribution >= 4 is 21.6 Å². The van der Waals surface area contributed by atoms with E-state index >= 15 is 0 Å². The topological polar surface area (TPSA) is 75.3 Å². The van der Waals surface area contributed by atoms with Gasteiger partial charge in [-0.05, 0) is 104 Å². The second-order valence-corrected chi connectivity index (χ2v) is 13.1. The quantitative estimate of drug-likeness (QED) is 0.557. The molecule has 1 unspecified atom stereocenters. The first kappa shape index (κ1) is 23.6. The van der Waals surface area contributed by atoms with Gasteiger partial charge in [0.2, 0.25) is 15.9 Å². The summed E-state index contributed by atoms with van der Waals surface area (Å²) in [4.78, 5) is 13.2. The van der Waals surface area contributed by atoms with Crippen molar-refractivity contribution in [2.45, 2.75) is 75.6 Å². The molecule has 0 spiro atoms. The van der Waals surface area contributed by atoms with E-state index in [1.807, 2.05) is 32.9 Å². The fourth-order valence-electron chi connectivity index (χ4n) is 7.04. The van der Waals surface area contributed by atoms with Crippen LogP contribution in [0, 0.1) is 30.6 Å². The molecule has 4 fully saturated rings. The first-order valence-corrected chi connectivity index (χ1v) is 14.1. The summed E-state index contributed by atoms with van der Waals surface area (Å²) in [6.07, 6.45) is 8.18. The normalized spacial score (nSPS) is 28.8. The molecule has 4 aliphatic carbocycles. The van der Waals surface area contributed by atoms with Gasteiger partial charge >= 0.3 is 0 Å². The first-order chi connectivity index (χ1) is 16.1. The van der Waals surface area contributed by atoms with Crippen molar-refractivity contribution in [1.29, 1.82) is 0 Å². The number of amides is 1. The molecule has 5 nitrogen and oxygen atoms in total. The van der Waals surface area contributed by atoms with Crippen LogP contribution in [0.5, 0.6) is 0 Å². The summed E-state index contributed by atoms with van der Waals surface area (Å²) >= 11 is 0. The minimum Gasteiger partial charge on any atom is -0.325 e. The Bertz CT molecular complexity index is 1120. The highest BCUT2D eigenvalue weighted by Gasteiger charge is 2.51. The summed E-state index contributed by atoms with van der Waals surface area (Å²) in [5.74, 6) is 2.12. The summed E-state index contributed by atoms with van der Waals surface area (Å²) in [5.41, 5.74) is 3.42. The van der Waals surface area contributed by atoms with Crippen molar-refractivity contribution in [3.63, 3.8) is 0 Å². The second-order valence-electron chi connectivity index (χ2n) is 11.4. The Hall–Kier alpha value is -2.18. The van der Waals surface area contributed by atoms with Crippen molar-refractivity contribution in [3.8, 4) is 0 Å². The maximum Gasteiger partial charge on any atom is 0.242 e. The van der Waals surface area contributed by atoms with Gasteiger partial charge in [0.05, 0.1) is 4.90 Å². The third kappa shape index (κ3) is 4.55. The fourth-order valence-corrected chi connectivity index (χ4v) is 8.38. The van der Waals surface area contributed by atoms with Gasteiger partial charge in [-0.2, -0.15) is 4.72 Å². The van der Waals surface area contributed by atoms with Crippen LogP contribution in [0.25, 0.3) is 0 Å². The number of hydrogen-bond donors (Lipinski definition) is 2. The molecule has 4 aliphatic rings. The lowest BCUT2D eigenvalue weighted by Crippen LogP contribution is -2.48. The standard InChI is InChI=1S/C28H36N2O3S/c1-18(2)26(30-34(32,33)25-10-4-19(3)5-11-25)27(31)29-24-8-6-23(7-9-24)28-15-20-12-21(16-28)14-22(13-20)17-28/h4-11,18,20-22,26,30H,12-17H2,1-3H3,(H,29,31). The van der Waals surface area contributed by atoms with E-state index in [0.29, 0.717) is 11.1 Å². The smallest absolute Gasteiger partial charge is 0.242 e. The highest BCUT2D eigenvalue weighted by molar-refractivity contribution is 7.89. The lowest BCUT2D eigenvalue weighted by Gasteiger charge is -2.57. The third-order valence-corrected chi connectivity index (χ3v) is 9.82. The molecular formula is C28H36N2O3S. The number of carbonyl (C=O) groups is 1. The SMILES string of the molecule is Cc1ccc(S(=O)(=O)NC(C(=O)Nc2ccc(C34CC5CC(CC(C5)C3)C4)cc2)C(C)C)cc1. The number of benzene rings is 2. The molecule has 0 heterocycles. The number of carbonyl (C=O) groups excluding carboxylic acids is 1. The van der Waals surface area contributed by atoms with E-state index in [2.05, 4.69) is 22.2 Å². The fraction of sp³-hybridized carbons (Fsp3) is 0.536. The molecule has 0 radical (unpaired) electrons. The van der Waals surface area contributed by atoms with Crippen molar-refractivity contribution in [1.82, 2.24) is 4.72 Å². The molecule has 1 amide bonds. The predicted octanol–water partition coefficient (Wildman–Crippen LogP) is 5.40. The zero-order valence-corrected chi connectivity index (χ0v) is 21.2. The predicted molar refractivity (Wildman–Crippen MR) is 135 cm³/mol. The second kappa shape index (κ2) is 8.80. The van der Waals surface area contributed by atoms with E-state index < -0.39 is 16.1 Å². The van der Waals surface area contributed by atoms with Crippen LogP contribution in [0.1, 0.15) is 63.5 Å². The molecule has 2 aromatic rings. The van der Waals surface area contributed by atoms with Gasteiger partial charge < -0.3 is 5.32 Å². The lowest BCUT2D eigenvalue weighted by atomic mass is 9.48. The molecular weight excluding hydrogens is 444 g/mol. The molecule has 2 aromatic carbocycles. The molecule has 0 aliphatic heterocycles. The number of hydrogen-bond acceptors (Lipinski definition) is 3. The van der Waals surface area contributed by atoms with Crippen LogP contribution in [0.2, 0.25) is 0 Å². The summed E-state index contributed by atoms with van der Waals surface area (Å²) in [7, 11) is -3.80. The Balaban J connectivity index is 1.28. The maximum atomic E-state index is 13.1. The summed E-state index contributed by atoms with van der Waals surface area (Å²) in [6, 6.07) is 14.1. The van der Waals surface area contributed by atoms with Gasteiger partial charge in [0.15, 0.2) is 0 Å². The van der Waals surface area contributed by atoms with Gasteiger partial charge in [-0.25, -0.2) is 8.42 Å². The summed E-state index contributed by atoms with van der Waals surface area (Å²) in [5, 5.41) is 2.94. The molecule has 2 N–H and O–H groups in total. The molecule has 4 saturated carbocycles. The maximum absolute atomic E-state index is 13.1. The van der Waals surface area contributed by atoms with Gasteiger partial charge in [-0.3, -0.25) is 4.79 Å². The Kier molecular flexibility index (Phi) is 6.09. The highest BCUT2D eigenvalue weighted by atomic mass is 32.2. The van der Waals surface area contributed by atoms with E-state index in [1.165, 1.54) is 44.1 Å². The van der Waals surface area contributed by atoms with Crippen molar-refractivity contribution < 1.29 is 13.2 Å². The van der Waals surface area contributed by atoms with Gasteiger partial charge in [-0.15, -0.1) is 0 Å². The average Bonchev–Trinajstić information content (AvgIpc) is 2.77. The van der Waals surface area contributed by atoms with E-state index in [0.717, 1.165) is 23.3 Å². The van der Waals surface area contributed by atoms with Crippen molar-refractivity contribution in [3.05, 3.63) is 59.7 Å². The van der Waals surface area contributed by atoms with Gasteiger partial charge in [0.1, 0.15) is 6.04 Å². The summed E-state index contributed by atoms with van der Waals surface area (Å²) in [6.45, 7) is 5.60. The van der Waals surface area contributed by atoms with Gasteiger partial charge in [0.25, 0.3) is 0 Å². The minimum absolute atomic E-state index is 0.163. The number of rotatable bonds is 7.